The molecular weight excluding hydrogens is 344 g/mol. The smallest absolute Gasteiger partial charge is 0.305 e. The lowest BCUT2D eigenvalue weighted by molar-refractivity contribution is -0.143. The molecule has 0 aromatic heterocycles. The Morgan fingerprint density at radius 2 is 1.19 bits per heavy atom. The Kier molecular flexibility index (Phi) is 25.8. The highest BCUT2D eigenvalue weighted by molar-refractivity contribution is 7.83. The number of hydrogen-bond donors (Lipinski definition) is 0. The maximum absolute atomic E-state index is 11.1. The highest BCUT2D eigenvalue weighted by atomic mass is 32.2. The van der Waals surface area contributed by atoms with E-state index in [-0.39, 0.29) is 5.97 Å². The molecule has 0 saturated carbocycles. The second-order valence-electron chi connectivity index (χ2n) is 6.88. The molecule has 0 aliphatic carbocycles. The van der Waals surface area contributed by atoms with Crippen molar-refractivity contribution in [2.75, 3.05) is 19.1 Å². The van der Waals surface area contributed by atoms with Crippen molar-refractivity contribution in [3.05, 3.63) is 12.2 Å². The van der Waals surface area contributed by atoms with Crippen LogP contribution in [-0.4, -0.2) is 29.3 Å². The SMILES string of the molecule is CCCCCCCC/C=C\CCCCCCCC(=O)OCC.CS(C)=O. The second-order valence-corrected chi connectivity index (χ2v) is 8.36. The molecule has 0 spiro atoms. The van der Waals surface area contributed by atoms with E-state index in [4.69, 9.17) is 4.74 Å². The van der Waals surface area contributed by atoms with Crippen molar-refractivity contribution in [1.82, 2.24) is 0 Å². The predicted molar refractivity (Wildman–Crippen MR) is 116 cm³/mol. The van der Waals surface area contributed by atoms with Crippen LogP contribution in [0.5, 0.6) is 0 Å². The van der Waals surface area contributed by atoms with E-state index < -0.39 is 10.8 Å². The summed E-state index contributed by atoms with van der Waals surface area (Å²) in [5.74, 6) is -0.0415. The molecule has 0 unspecified atom stereocenters. The maximum Gasteiger partial charge on any atom is 0.305 e. The third-order valence-corrected chi connectivity index (χ3v) is 3.95. The predicted octanol–water partition coefficient (Wildman–Crippen LogP) is 6.58. The summed E-state index contributed by atoms with van der Waals surface area (Å²) in [6.45, 7) is 4.63. The molecule has 0 atom stereocenters. The average Bonchev–Trinajstić information content (AvgIpc) is 2.58. The minimum absolute atomic E-state index is 0.0415. The van der Waals surface area contributed by atoms with Crippen molar-refractivity contribution in [3.8, 4) is 0 Å². The summed E-state index contributed by atoms with van der Waals surface area (Å²) in [5, 5.41) is 0. The molecule has 0 saturated heterocycles. The third kappa shape index (κ3) is 31.2. The minimum atomic E-state index is -0.611. The summed E-state index contributed by atoms with van der Waals surface area (Å²) in [6.07, 6.45) is 25.3. The average molecular weight is 389 g/mol. The fourth-order valence-electron chi connectivity index (χ4n) is 2.57. The second kappa shape index (κ2) is 24.4. The number of allylic oxidation sites excluding steroid dienone is 2. The van der Waals surface area contributed by atoms with Crippen molar-refractivity contribution in [2.45, 2.75) is 104 Å². The van der Waals surface area contributed by atoms with Crippen LogP contribution in [0.15, 0.2) is 12.2 Å². The molecule has 156 valence electrons. The molecule has 0 aliphatic heterocycles. The lowest BCUT2D eigenvalue weighted by Gasteiger charge is -2.01. The van der Waals surface area contributed by atoms with Gasteiger partial charge in [0, 0.05) is 29.7 Å². The molecular formula is C22H44O3S. The topological polar surface area (TPSA) is 43.4 Å². The van der Waals surface area contributed by atoms with Gasteiger partial charge in [0.15, 0.2) is 0 Å². The molecule has 4 heteroatoms. The maximum atomic E-state index is 11.1. The van der Waals surface area contributed by atoms with Gasteiger partial charge in [0.2, 0.25) is 0 Å². The van der Waals surface area contributed by atoms with Crippen LogP contribution in [0.1, 0.15) is 104 Å². The summed E-state index contributed by atoms with van der Waals surface area (Å²) in [7, 11) is -0.611. The molecule has 0 amide bonds. The van der Waals surface area contributed by atoms with Gasteiger partial charge in [0.1, 0.15) is 0 Å². The van der Waals surface area contributed by atoms with Crippen LogP contribution in [0, 0.1) is 0 Å². The summed E-state index contributed by atoms with van der Waals surface area (Å²) in [4.78, 5) is 11.1. The van der Waals surface area contributed by atoms with Crippen LogP contribution < -0.4 is 0 Å². The van der Waals surface area contributed by atoms with Crippen LogP contribution in [-0.2, 0) is 20.3 Å². The van der Waals surface area contributed by atoms with Gasteiger partial charge in [-0.15, -0.1) is 0 Å². The van der Waals surface area contributed by atoms with Gasteiger partial charge in [-0.1, -0.05) is 70.4 Å². The molecule has 26 heavy (non-hydrogen) atoms. The fraction of sp³-hybridized carbons (Fsp3) is 0.864. The van der Waals surface area contributed by atoms with Crippen molar-refractivity contribution in [3.63, 3.8) is 0 Å². The first kappa shape index (κ1) is 27.6. The first-order valence-electron chi connectivity index (χ1n) is 10.6. The Balaban J connectivity index is 0. The molecule has 0 aromatic carbocycles. The van der Waals surface area contributed by atoms with Crippen LogP contribution >= 0.6 is 0 Å². The Morgan fingerprint density at radius 3 is 1.65 bits per heavy atom. The van der Waals surface area contributed by atoms with E-state index in [1.54, 1.807) is 12.5 Å². The van der Waals surface area contributed by atoms with Crippen LogP contribution in [0.2, 0.25) is 0 Å². The van der Waals surface area contributed by atoms with Crippen molar-refractivity contribution in [1.29, 1.82) is 0 Å². The standard InChI is InChI=1S/C20H38O2.C2H6OS/c1-3-5-6-7-8-9-10-11-12-13-14-15-16-17-18-19-20(21)22-4-2;1-4(2)3/h11-12H,3-10,13-19H2,1-2H3;1-2H3/b12-11-;. The molecule has 3 nitrogen and oxygen atoms in total. The number of ether oxygens (including phenoxy) is 1. The van der Waals surface area contributed by atoms with Crippen molar-refractivity contribution >= 4 is 16.8 Å². The summed E-state index contributed by atoms with van der Waals surface area (Å²) < 4.78 is 14.5. The van der Waals surface area contributed by atoms with E-state index in [2.05, 4.69) is 19.1 Å². The molecule has 0 bridgehead atoms. The Labute approximate surface area is 165 Å². The Morgan fingerprint density at radius 1 is 0.769 bits per heavy atom. The lowest BCUT2D eigenvalue weighted by Crippen LogP contribution is -2.03. The minimum Gasteiger partial charge on any atom is -0.466 e. The zero-order valence-electron chi connectivity index (χ0n) is 17.9. The number of carbonyl (C=O) groups is 1. The van der Waals surface area contributed by atoms with Gasteiger partial charge in [-0.05, 0) is 39.0 Å². The quantitative estimate of drug-likeness (QED) is 0.170. The van der Waals surface area contributed by atoms with E-state index in [1.165, 1.54) is 70.6 Å². The van der Waals surface area contributed by atoms with Gasteiger partial charge >= 0.3 is 5.97 Å². The van der Waals surface area contributed by atoms with Gasteiger partial charge in [0.25, 0.3) is 0 Å². The molecule has 0 rings (SSSR count). The number of hydrogen-bond acceptors (Lipinski definition) is 3. The molecule has 0 aromatic rings. The number of rotatable bonds is 16. The number of esters is 1. The van der Waals surface area contributed by atoms with E-state index in [0.717, 1.165) is 12.8 Å². The van der Waals surface area contributed by atoms with Crippen LogP contribution in [0.4, 0.5) is 0 Å². The third-order valence-electron chi connectivity index (χ3n) is 3.95. The number of carbonyl (C=O) groups excluding carboxylic acids is 1. The van der Waals surface area contributed by atoms with Crippen LogP contribution in [0.3, 0.4) is 0 Å². The van der Waals surface area contributed by atoms with E-state index >= 15 is 0 Å². The van der Waals surface area contributed by atoms with E-state index in [0.29, 0.717) is 13.0 Å². The largest absolute Gasteiger partial charge is 0.466 e. The van der Waals surface area contributed by atoms with Crippen LogP contribution in [0.25, 0.3) is 0 Å². The zero-order chi connectivity index (χ0) is 19.9. The van der Waals surface area contributed by atoms with Gasteiger partial charge in [-0.25, -0.2) is 0 Å². The molecule has 0 radical (unpaired) electrons. The first-order valence-corrected chi connectivity index (χ1v) is 12.6. The molecule has 0 fully saturated rings. The monoisotopic (exact) mass is 388 g/mol. The van der Waals surface area contributed by atoms with E-state index in [1.807, 2.05) is 6.92 Å². The summed E-state index contributed by atoms with van der Waals surface area (Å²) >= 11 is 0. The van der Waals surface area contributed by atoms with Crippen molar-refractivity contribution in [2.24, 2.45) is 0 Å². The molecule has 0 heterocycles. The Hall–Kier alpha value is -0.640. The normalized spacial score (nSPS) is 10.8. The Bertz CT molecular complexity index is 336. The van der Waals surface area contributed by atoms with Gasteiger partial charge < -0.3 is 4.74 Å². The lowest BCUT2D eigenvalue weighted by atomic mass is 10.1. The van der Waals surface area contributed by atoms with Gasteiger partial charge in [0.05, 0.1) is 6.61 Å². The molecule has 0 N–H and O–H groups in total. The van der Waals surface area contributed by atoms with E-state index in [9.17, 15) is 9.00 Å². The highest BCUT2D eigenvalue weighted by Crippen LogP contribution is 2.10. The summed E-state index contributed by atoms with van der Waals surface area (Å²) in [6, 6.07) is 0. The highest BCUT2D eigenvalue weighted by Gasteiger charge is 2.00. The fourth-order valence-corrected chi connectivity index (χ4v) is 2.57. The first-order chi connectivity index (χ1) is 12.5. The van der Waals surface area contributed by atoms with Crippen molar-refractivity contribution < 1.29 is 13.7 Å². The van der Waals surface area contributed by atoms with Gasteiger partial charge in [-0.2, -0.15) is 0 Å². The number of unbranched alkanes of at least 4 members (excludes halogenated alkanes) is 11. The zero-order valence-corrected chi connectivity index (χ0v) is 18.7. The van der Waals surface area contributed by atoms with Gasteiger partial charge in [-0.3, -0.25) is 9.00 Å². The summed E-state index contributed by atoms with van der Waals surface area (Å²) in [5.41, 5.74) is 0. The molecule has 0 aliphatic rings.